The summed E-state index contributed by atoms with van der Waals surface area (Å²) < 4.78 is 0. The number of likely N-dealkylation sites (N-methyl/N-ethyl adjacent to an activating group) is 1. The van der Waals surface area contributed by atoms with Gasteiger partial charge in [0.05, 0.1) is 11.3 Å². The van der Waals surface area contributed by atoms with Gasteiger partial charge in [-0.3, -0.25) is 9.78 Å². The topological polar surface area (TPSA) is 69.9 Å². The maximum Gasteiger partial charge on any atom is 0.232 e. The van der Waals surface area contributed by atoms with Crippen LogP contribution in [0.4, 0.5) is 0 Å². The molecule has 0 aliphatic heterocycles. The number of amides is 1. The van der Waals surface area contributed by atoms with Crippen LogP contribution in [-0.2, 0) is 11.2 Å². The Labute approximate surface area is 153 Å². The van der Waals surface area contributed by atoms with Crippen LogP contribution >= 0.6 is 11.8 Å². The third kappa shape index (κ3) is 4.80. The molecule has 0 unspecified atom stereocenters. The fourth-order valence-electron chi connectivity index (χ4n) is 2.34. The Hall–Kier alpha value is -2.39. The second kappa shape index (κ2) is 8.63. The molecule has 0 N–H and O–H groups in total. The first-order chi connectivity index (χ1) is 11.9. The first kappa shape index (κ1) is 18.9. The van der Waals surface area contributed by atoms with E-state index in [9.17, 15) is 10.1 Å². The molecule has 0 radical (unpaired) electrons. The van der Waals surface area contributed by atoms with E-state index in [-0.39, 0.29) is 11.7 Å². The molecule has 0 aliphatic carbocycles. The molecule has 0 bridgehead atoms. The van der Waals surface area contributed by atoms with Crippen molar-refractivity contribution in [1.29, 1.82) is 5.26 Å². The predicted octanol–water partition coefficient (Wildman–Crippen LogP) is 3.07. The molecular weight excluding hydrogens is 332 g/mol. The van der Waals surface area contributed by atoms with Crippen molar-refractivity contribution in [3.63, 3.8) is 0 Å². The summed E-state index contributed by atoms with van der Waals surface area (Å²) in [7, 11) is 1.79. The van der Waals surface area contributed by atoms with Gasteiger partial charge in [-0.15, -0.1) is 0 Å². The van der Waals surface area contributed by atoms with Crippen molar-refractivity contribution in [3.8, 4) is 6.07 Å². The first-order valence-corrected chi connectivity index (χ1v) is 9.07. The molecule has 0 aliphatic rings. The molecular formula is C19H22N4OS. The molecule has 6 heteroatoms. The van der Waals surface area contributed by atoms with Crippen molar-refractivity contribution in [2.45, 2.75) is 32.2 Å². The highest BCUT2D eigenvalue weighted by Crippen LogP contribution is 2.26. The van der Waals surface area contributed by atoms with Gasteiger partial charge in [0.15, 0.2) is 0 Å². The highest BCUT2D eigenvalue weighted by Gasteiger charge is 2.16. The smallest absolute Gasteiger partial charge is 0.232 e. The SMILES string of the molecule is Cc1nc(SCC(=O)N(C)CCc2ccccn2)c(C#N)c(C)c1C. The van der Waals surface area contributed by atoms with Gasteiger partial charge in [-0.25, -0.2) is 4.98 Å². The lowest BCUT2D eigenvalue weighted by molar-refractivity contribution is -0.127. The Bertz CT molecular complexity index is 799. The number of thioether (sulfide) groups is 1. The summed E-state index contributed by atoms with van der Waals surface area (Å²) in [6.45, 7) is 6.42. The van der Waals surface area contributed by atoms with Gasteiger partial charge in [0.25, 0.3) is 0 Å². The van der Waals surface area contributed by atoms with E-state index in [0.29, 0.717) is 17.1 Å². The standard InChI is InChI=1S/C19H22N4OS/c1-13-14(2)17(11-20)19(22-15(13)3)25-12-18(24)23(4)10-8-16-7-5-6-9-21-16/h5-7,9H,8,10,12H2,1-4H3. The number of hydrogen-bond donors (Lipinski definition) is 0. The summed E-state index contributed by atoms with van der Waals surface area (Å²) in [6, 6.07) is 7.98. The van der Waals surface area contributed by atoms with Crippen molar-refractivity contribution in [1.82, 2.24) is 14.9 Å². The molecule has 5 nitrogen and oxygen atoms in total. The zero-order valence-corrected chi connectivity index (χ0v) is 15.9. The number of carbonyl (C=O) groups is 1. The molecule has 2 rings (SSSR count). The van der Waals surface area contributed by atoms with E-state index in [1.807, 2.05) is 39.0 Å². The minimum atomic E-state index is 0.0162. The normalized spacial score (nSPS) is 10.4. The van der Waals surface area contributed by atoms with Crippen LogP contribution in [0, 0.1) is 32.1 Å². The second-order valence-corrected chi connectivity index (χ2v) is 6.88. The lowest BCUT2D eigenvalue weighted by atomic mass is 10.1. The Morgan fingerprint density at radius 1 is 1.28 bits per heavy atom. The quantitative estimate of drug-likeness (QED) is 0.746. The van der Waals surface area contributed by atoms with Crippen molar-refractivity contribution < 1.29 is 4.79 Å². The maximum atomic E-state index is 12.3. The van der Waals surface area contributed by atoms with E-state index < -0.39 is 0 Å². The molecule has 2 heterocycles. The van der Waals surface area contributed by atoms with Crippen LogP contribution in [0.2, 0.25) is 0 Å². The summed E-state index contributed by atoms with van der Waals surface area (Å²) in [6.07, 6.45) is 2.47. The molecule has 0 saturated heterocycles. The monoisotopic (exact) mass is 354 g/mol. The summed E-state index contributed by atoms with van der Waals surface area (Å²) in [5.41, 5.74) is 4.40. The van der Waals surface area contributed by atoms with Crippen LogP contribution in [0.25, 0.3) is 0 Å². The maximum absolute atomic E-state index is 12.3. The molecule has 2 aromatic heterocycles. The summed E-state index contributed by atoms with van der Waals surface area (Å²) in [4.78, 5) is 22.8. The van der Waals surface area contributed by atoms with Gasteiger partial charge in [0.2, 0.25) is 5.91 Å². The molecule has 2 aromatic rings. The Morgan fingerprint density at radius 2 is 2.04 bits per heavy atom. The van der Waals surface area contributed by atoms with E-state index in [1.165, 1.54) is 11.8 Å². The van der Waals surface area contributed by atoms with Crippen LogP contribution in [0.1, 0.15) is 28.1 Å². The second-order valence-electron chi connectivity index (χ2n) is 5.91. The minimum Gasteiger partial charge on any atom is -0.345 e. The van der Waals surface area contributed by atoms with Crippen LogP contribution in [-0.4, -0.2) is 40.1 Å². The number of hydrogen-bond acceptors (Lipinski definition) is 5. The summed E-state index contributed by atoms with van der Waals surface area (Å²) in [5, 5.41) is 10.0. The van der Waals surface area contributed by atoms with Gasteiger partial charge in [-0.1, -0.05) is 17.8 Å². The average Bonchev–Trinajstić information content (AvgIpc) is 2.63. The van der Waals surface area contributed by atoms with Crippen LogP contribution in [0.15, 0.2) is 29.4 Å². The van der Waals surface area contributed by atoms with Gasteiger partial charge in [0.1, 0.15) is 11.1 Å². The highest BCUT2D eigenvalue weighted by atomic mass is 32.2. The number of pyridine rings is 2. The largest absolute Gasteiger partial charge is 0.345 e. The highest BCUT2D eigenvalue weighted by molar-refractivity contribution is 8.00. The van der Waals surface area contributed by atoms with Gasteiger partial charge in [-0.05, 0) is 44.0 Å². The lowest BCUT2D eigenvalue weighted by Gasteiger charge is -2.17. The average molecular weight is 354 g/mol. The summed E-state index contributed by atoms with van der Waals surface area (Å²) >= 11 is 1.33. The van der Waals surface area contributed by atoms with Crippen LogP contribution in [0.3, 0.4) is 0 Å². The Balaban J connectivity index is 1.97. The number of carbonyl (C=O) groups excluding carboxylic acids is 1. The zero-order chi connectivity index (χ0) is 18.4. The molecule has 25 heavy (non-hydrogen) atoms. The van der Waals surface area contributed by atoms with Crippen molar-refractivity contribution in [2.24, 2.45) is 0 Å². The molecule has 0 fully saturated rings. The number of rotatable bonds is 6. The van der Waals surface area contributed by atoms with Crippen LogP contribution in [0.5, 0.6) is 0 Å². The lowest BCUT2D eigenvalue weighted by Crippen LogP contribution is -2.30. The van der Waals surface area contributed by atoms with Gasteiger partial charge < -0.3 is 4.90 Å². The van der Waals surface area contributed by atoms with Gasteiger partial charge in [0, 0.05) is 37.6 Å². The molecule has 0 spiro atoms. The zero-order valence-electron chi connectivity index (χ0n) is 15.0. The van der Waals surface area contributed by atoms with Crippen molar-refractivity contribution in [2.75, 3.05) is 19.3 Å². The third-order valence-corrected chi connectivity index (χ3v) is 5.22. The number of nitriles is 1. The van der Waals surface area contributed by atoms with Crippen molar-refractivity contribution >= 4 is 17.7 Å². The van der Waals surface area contributed by atoms with E-state index >= 15 is 0 Å². The van der Waals surface area contributed by atoms with E-state index in [4.69, 9.17) is 0 Å². The Morgan fingerprint density at radius 3 is 2.68 bits per heavy atom. The number of aromatic nitrogens is 2. The molecule has 0 aromatic carbocycles. The first-order valence-electron chi connectivity index (χ1n) is 8.08. The summed E-state index contributed by atoms with van der Waals surface area (Å²) in [5.74, 6) is 0.282. The fourth-order valence-corrected chi connectivity index (χ4v) is 3.37. The molecule has 130 valence electrons. The van der Waals surface area contributed by atoms with Gasteiger partial charge in [-0.2, -0.15) is 5.26 Å². The number of aryl methyl sites for hydroxylation is 1. The Kier molecular flexibility index (Phi) is 6.54. The minimum absolute atomic E-state index is 0.0162. The molecule has 1 amide bonds. The van der Waals surface area contributed by atoms with E-state index in [0.717, 1.165) is 28.9 Å². The predicted molar refractivity (Wildman–Crippen MR) is 99.5 cm³/mol. The van der Waals surface area contributed by atoms with Gasteiger partial charge >= 0.3 is 0 Å². The third-order valence-electron chi connectivity index (χ3n) is 4.26. The molecule has 0 saturated carbocycles. The van der Waals surface area contributed by atoms with E-state index in [2.05, 4.69) is 16.0 Å². The van der Waals surface area contributed by atoms with E-state index in [1.54, 1.807) is 18.1 Å². The van der Waals surface area contributed by atoms with Crippen LogP contribution < -0.4 is 0 Å². The fraction of sp³-hybridized carbons (Fsp3) is 0.368. The van der Waals surface area contributed by atoms with Crippen molar-refractivity contribution in [3.05, 3.63) is 52.5 Å². The number of nitrogens with zero attached hydrogens (tertiary/aromatic N) is 4. The molecule has 0 atom stereocenters.